The van der Waals surface area contributed by atoms with Crippen molar-refractivity contribution in [3.8, 4) is 5.75 Å². The Kier molecular flexibility index (Phi) is 5.59. The number of imidazole rings is 1. The van der Waals surface area contributed by atoms with Gasteiger partial charge in [-0.25, -0.2) is 18.4 Å². The van der Waals surface area contributed by atoms with E-state index in [-0.39, 0.29) is 16.5 Å². The quantitative estimate of drug-likeness (QED) is 0.407. The largest absolute Gasteiger partial charge is 0.439 e. The summed E-state index contributed by atoms with van der Waals surface area (Å²) in [4.78, 5) is 24.9. The van der Waals surface area contributed by atoms with Crippen LogP contribution < -0.4 is 4.74 Å². The predicted octanol–water partition coefficient (Wildman–Crippen LogP) is 4.81. The van der Waals surface area contributed by atoms with Crippen LogP contribution >= 0.6 is 0 Å². The number of allylic oxidation sites excluding steroid dienone is 1. The lowest BCUT2D eigenvalue weighted by molar-refractivity contribution is 0.103. The molecule has 0 amide bonds. The van der Waals surface area contributed by atoms with Gasteiger partial charge in [-0.05, 0) is 66.9 Å². The lowest BCUT2D eigenvalue weighted by Gasteiger charge is -2.16. The van der Waals surface area contributed by atoms with E-state index in [4.69, 9.17) is 4.74 Å². The van der Waals surface area contributed by atoms with Gasteiger partial charge in [0.2, 0.25) is 11.7 Å². The number of H-pyrrole nitrogens is 1. The molecular formula is C26H21N3O4S. The van der Waals surface area contributed by atoms with E-state index < -0.39 is 9.84 Å². The number of nitrogens with zero attached hydrogens (tertiary/aromatic N) is 2. The van der Waals surface area contributed by atoms with Crippen molar-refractivity contribution in [3.63, 3.8) is 0 Å². The molecule has 0 unspecified atom stereocenters. The molecule has 8 heteroatoms. The van der Waals surface area contributed by atoms with Gasteiger partial charge in [-0.3, -0.25) is 4.79 Å². The summed E-state index contributed by atoms with van der Waals surface area (Å²) in [6.45, 7) is 0. The number of hydrogen-bond donors (Lipinski definition) is 1. The van der Waals surface area contributed by atoms with Gasteiger partial charge in [0.25, 0.3) is 0 Å². The highest BCUT2D eigenvalue weighted by Crippen LogP contribution is 2.30. The van der Waals surface area contributed by atoms with Crippen LogP contribution in [0.15, 0.2) is 88.6 Å². The highest BCUT2D eigenvalue weighted by molar-refractivity contribution is 7.90. The highest BCUT2D eigenvalue weighted by atomic mass is 32.2. The molecule has 170 valence electrons. The summed E-state index contributed by atoms with van der Waals surface area (Å²) in [5.41, 5.74) is 3.79. The molecule has 0 bridgehead atoms. The molecule has 0 fully saturated rings. The summed E-state index contributed by atoms with van der Waals surface area (Å²) in [5.74, 6) is 1.08. The van der Waals surface area contributed by atoms with Crippen molar-refractivity contribution in [2.24, 2.45) is 4.99 Å². The maximum Gasteiger partial charge on any atom is 0.228 e. The van der Waals surface area contributed by atoms with E-state index >= 15 is 0 Å². The van der Waals surface area contributed by atoms with Crippen molar-refractivity contribution in [3.05, 3.63) is 95.6 Å². The number of carbonyl (C=O) groups is 1. The topological polar surface area (TPSA) is 101 Å². The molecule has 0 aliphatic carbocycles. The molecule has 0 saturated heterocycles. The van der Waals surface area contributed by atoms with Crippen LogP contribution in [-0.2, 0) is 9.84 Å². The number of aliphatic imine (C=N–C) groups is 1. The number of carbonyl (C=O) groups excluding carboxylic acids is 1. The number of ketones is 1. The molecule has 1 N–H and O–H groups in total. The van der Waals surface area contributed by atoms with Crippen molar-refractivity contribution in [1.29, 1.82) is 0 Å². The second-order valence-corrected chi connectivity index (χ2v) is 10.0. The Balaban J connectivity index is 1.38. The number of sulfone groups is 1. The van der Waals surface area contributed by atoms with Crippen molar-refractivity contribution in [2.75, 3.05) is 6.26 Å². The summed E-state index contributed by atoms with van der Waals surface area (Å²) < 4.78 is 29.5. The Morgan fingerprint density at radius 3 is 2.41 bits per heavy atom. The van der Waals surface area contributed by atoms with Crippen LogP contribution in [0.3, 0.4) is 0 Å². The fraction of sp³-hybridized carbons (Fsp3) is 0.115. The molecule has 0 atom stereocenters. The van der Waals surface area contributed by atoms with Crippen molar-refractivity contribution in [1.82, 2.24) is 9.97 Å². The van der Waals surface area contributed by atoms with Crippen molar-refractivity contribution >= 4 is 38.4 Å². The summed E-state index contributed by atoms with van der Waals surface area (Å²) >= 11 is 0. The van der Waals surface area contributed by atoms with Crippen LogP contribution in [-0.4, -0.2) is 36.6 Å². The molecular weight excluding hydrogens is 450 g/mol. The summed E-state index contributed by atoms with van der Waals surface area (Å²) in [5, 5.41) is 0. The van der Waals surface area contributed by atoms with E-state index in [9.17, 15) is 13.2 Å². The number of benzene rings is 3. The van der Waals surface area contributed by atoms with Gasteiger partial charge < -0.3 is 9.72 Å². The molecule has 7 nitrogen and oxygen atoms in total. The molecule has 2 heterocycles. The van der Waals surface area contributed by atoms with Crippen molar-refractivity contribution in [2.45, 2.75) is 17.7 Å². The van der Waals surface area contributed by atoms with Crippen LogP contribution in [0.25, 0.3) is 16.6 Å². The van der Waals surface area contributed by atoms with Crippen LogP contribution in [0.2, 0.25) is 0 Å². The average Bonchev–Trinajstić information content (AvgIpc) is 3.28. The molecule has 1 aromatic heterocycles. The molecule has 3 aromatic carbocycles. The summed E-state index contributed by atoms with van der Waals surface area (Å²) in [6, 6.07) is 21.0. The lowest BCUT2D eigenvalue weighted by Crippen LogP contribution is -2.05. The van der Waals surface area contributed by atoms with E-state index in [0.29, 0.717) is 17.2 Å². The van der Waals surface area contributed by atoms with Gasteiger partial charge in [-0.1, -0.05) is 24.3 Å². The Bertz CT molecular complexity index is 1510. The molecule has 0 saturated carbocycles. The zero-order chi connectivity index (χ0) is 23.7. The fourth-order valence-electron chi connectivity index (χ4n) is 3.78. The van der Waals surface area contributed by atoms with Gasteiger partial charge in [0, 0.05) is 23.6 Å². The van der Waals surface area contributed by atoms with E-state index in [1.54, 1.807) is 54.7 Å². The average molecular weight is 472 g/mol. The fourth-order valence-corrected chi connectivity index (χ4v) is 4.41. The van der Waals surface area contributed by atoms with Gasteiger partial charge in [0.1, 0.15) is 5.75 Å². The molecule has 1 aliphatic rings. The van der Waals surface area contributed by atoms with Crippen LogP contribution in [0, 0.1) is 0 Å². The normalized spacial score (nSPS) is 13.9. The first kappa shape index (κ1) is 21.8. The van der Waals surface area contributed by atoms with E-state index in [1.807, 2.05) is 24.3 Å². The first-order valence-electron chi connectivity index (χ1n) is 10.7. The molecule has 0 spiro atoms. The second kappa shape index (κ2) is 8.72. The second-order valence-electron chi connectivity index (χ2n) is 7.99. The third kappa shape index (κ3) is 4.40. The molecule has 4 aromatic rings. The van der Waals surface area contributed by atoms with E-state index in [1.165, 1.54) is 6.26 Å². The minimum atomic E-state index is -3.26. The Hall–Kier alpha value is -4.04. The Morgan fingerprint density at radius 1 is 0.971 bits per heavy atom. The maximum atomic E-state index is 12.8. The number of aromatic nitrogens is 2. The monoisotopic (exact) mass is 471 g/mol. The zero-order valence-electron chi connectivity index (χ0n) is 18.4. The SMILES string of the molecule is CS(=O)(=O)c1ccc(C2=C(Oc3ccc(C(=O)c4nc5ccccc5[nH]4)cc3)N=CCC2)cc1. The minimum Gasteiger partial charge on any atom is -0.439 e. The van der Waals surface area contributed by atoms with Gasteiger partial charge in [0.15, 0.2) is 15.7 Å². The van der Waals surface area contributed by atoms with Crippen LogP contribution in [0.4, 0.5) is 0 Å². The Labute approximate surface area is 196 Å². The first-order chi connectivity index (χ1) is 16.4. The number of hydrogen-bond acceptors (Lipinski definition) is 6. The third-order valence-electron chi connectivity index (χ3n) is 5.56. The molecule has 1 aliphatic heterocycles. The van der Waals surface area contributed by atoms with Crippen LogP contribution in [0.1, 0.15) is 34.6 Å². The minimum absolute atomic E-state index is 0.204. The molecule has 5 rings (SSSR count). The van der Waals surface area contributed by atoms with Gasteiger partial charge in [-0.2, -0.15) is 0 Å². The molecule has 0 radical (unpaired) electrons. The van der Waals surface area contributed by atoms with Crippen LogP contribution in [0.5, 0.6) is 5.75 Å². The third-order valence-corrected chi connectivity index (χ3v) is 6.69. The number of nitrogens with one attached hydrogen (secondary N) is 1. The summed E-state index contributed by atoms with van der Waals surface area (Å²) in [6.07, 6.45) is 4.47. The highest BCUT2D eigenvalue weighted by Gasteiger charge is 2.17. The molecule has 34 heavy (non-hydrogen) atoms. The zero-order valence-corrected chi connectivity index (χ0v) is 19.2. The van der Waals surface area contributed by atoms with Gasteiger partial charge in [0.05, 0.1) is 15.9 Å². The lowest BCUT2D eigenvalue weighted by atomic mass is 10.0. The standard InChI is InChI=1S/C26H21N3O4S/c1-34(31,32)20-14-10-17(11-15-20)21-5-4-16-27-26(21)33-19-12-8-18(9-13-19)24(30)25-28-22-6-2-3-7-23(22)29-25/h2-3,6-16H,4-5H2,1H3,(H,28,29). The number of rotatable bonds is 6. The number of para-hydroxylation sites is 2. The van der Waals surface area contributed by atoms with Gasteiger partial charge in [-0.15, -0.1) is 0 Å². The van der Waals surface area contributed by atoms with Crippen molar-refractivity contribution < 1.29 is 17.9 Å². The predicted molar refractivity (Wildman–Crippen MR) is 131 cm³/mol. The maximum absolute atomic E-state index is 12.8. The number of aromatic amines is 1. The van der Waals surface area contributed by atoms with Gasteiger partial charge >= 0.3 is 0 Å². The van der Waals surface area contributed by atoms with E-state index in [2.05, 4.69) is 15.0 Å². The Morgan fingerprint density at radius 2 is 1.71 bits per heavy atom. The summed E-state index contributed by atoms with van der Waals surface area (Å²) in [7, 11) is -3.26. The first-order valence-corrected chi connectivity index (χ1v) is 12.6. The smallest absolute Gasteiger partial charge is 0.228 e. The van der Waals surface area contributed by atoms with E-state index in [0.717, 1.165) is 35.0 Å². The number of fused-ring (bicyclic) bond motifs is 1. The number of ether oxygens (including phenoxy) is 1.